The summed E-state index contributed by atoms with van der Waals surface area (Å²) in [5, 5.41) is 11.1. The van der Waals surface area contributed by atoms with Crippen molar-refractivity contribution in [2.24, 2.45) is 0 Å². The summed E-state index contributed by atoms with van der Waals surface area (Å²) < 4.78 is 10.3. The normalized spacial score (nSPS) is 13.1. The van der Waals surface area contributed by atoms with E-state index < -0.39 is 6.10 Å². The summed E-state index contributed by atoms with van der Waals surface area (Å²) in [7, 11) is 0. The van der Waals surface area contributed by atoms with Gasteiger partial charge in [-0.05, 0) is 12.1 Å². The molecule has 0 radical (unpaired) electrons. The van der Waals surface area contributed by atoms with Crippen molar-refractivity contribution in [3.8, 4) is 0 Å². The van der Waals surface area contributed by atoms with Crippen LogP contribution in [0.1, 0.15) is 17.2 Å². The second-order valence-electron chi connectivity index (χ2n) is 3.65. The molecule has 3 aromatic rings. The molecule has 0 bridgehead atoms. The van der Waals surface area contributed by atoms with Gasteiger partial charge in [-0.1, -0.05) is 18.2 Å². The first-order valence-electron chi connectivity index (χ1n) is 5.02. The molecule has 0 spiro atoms. The number of hydrogen-bond donors (Lipinski definition) is 1. The maximum atomic E-state index is 10.1. The molecule has 2 heterocycles. The van der Waals surface area contributed by atoms with E-state index in [1.165, 1.54) is 6.26 Å². The van der Waals surface area contributed by atoms with Crippen LogP contribution in [-0.4, -0.2) is 5.11 Å². The summed E-state index contributed by atoms with van der Waals surface area (Å²) in [5.41, 5.74) is 2.27. The van der Waals surface area contributed by atoms with Gasteiger partial charge in [0.15, 0.2) is 0 Å². The van der Waals surface area contributed by atoms with E-state index in [1.807, 2.05) is 24.3 Å². The standard InChI is InChI=1S/C13H10O3/c14-13(9-5-6-15-7-9)11-8-16-12-4-2-1-3-10(11)12/h1-8,13-14H/t13-/m0/s1. The minimum absolute atomic E-state index is 0.706. The van der Waals surface area contributed by atoms with Crippen LogP contribution in [-0.2, 0) is 0 Å². The topological polar surface area (TPSA) is 46.5 Å². The number of hydrogen-bond acceptors (Lipinski definition) is 3. The van der Waals surface area contributed by atoms with Crippen molar-refractivity contribution >= 4 is 11.0 Å². The van der Waals surface area contributed by atoms with Crippen LogP contribution < -0.4 is 0 Å². The Balaban J connectivity index is 2.12. The number of aliphatic hydroxyl groups excluding tert-OH is 1. The Bertz CT molecular complexity index is 592. The van der Waals surface area contributed by atoms with Crippen molar-refractivity contribution in [2.75, 3.05) is 0 Å². The van der Waals surface area contributed by atoms with Gasteiger partial charge in [-0.3, -0.25) is 0 Å². The predicted octanol–water partition coefficient (Wildman–Crippen LogP) is 3.11. The monoisotopic (exact) mass is 214 g/mol. The number of fused-ring (bicyclic) bond motifs is 1. The van der Waals surface area contributed by atoms with Gasteiger partial charge >= 0.3 is 0 Å². The number of rotatable bonds is 2. The Kier molecular flexibility index (Phi) is 2.04. The molecule has 0 aliphatic carbocycles. The molecule has 1 aromatic carbocycles. The first-order chi connectivity index (χ1) is 7.86. The van der Waals surface area contributed by atoms with E-state index in [0.717, 1.165) is 22.1 Å². The minimum Gasteiger partial charge on any atom is -0.472 e. The van der Waals surface area contributed by atoms with Gasteiger partial charge in [0.25, 0.3) is 0 Å². The highest BCUT2D eigenvalue weighted by Gasteiger charge is 2.16. The van der Waals surface area contributed by atoms with Crippen molar-refractivity contribution < 1.29 is 13.9 Å². The molecule has 16 heavy (non-hydrogen) atoms. The Labute approximate surface area is 91.9 Å². The summed E-state index contributed by atoms with van der Waals surface area (Å²) in [6, 6.07) is 9.37. The number of furan rings is 2. The second-order valence-corrected chi connectivity index (χ2v) is 3.65. The maximum Gasteiger partial charge on any atom is 0.134 e. The van der Waals surface area contributed by atoms with Gasteiger partial charge in [0, 0.05) is 16.5 Å². The Hall–Kier alpha value is -2.00. The van der Waals surface area contributed by atoms with Crippen molar-refractivity contribution in [2.45, 2.75) is 6.10 Å². The van der Waals surface area contributed by atoms with Crippen LogP contribution in [0.25, 0.3) is 11.0 Å². The van der Waals surface area contributed by atoms with Gasteiger partial charge in [0.05, 0.1) is 18.8 Å². The molecule has 0 aliphatic heterocycles. The molecule has 0 aliphatic rings. The molecule has 3 heteroatoms. The molecule has 0 saturated heterocycles. The van der Waals surface area contributed by atoms with Gasteiger partial charge in [0.1, 0.15) is 11.7 Å². The maximum absolute atomic E-state index is 10.1. The van der Waals surface area contributed by atoms with Gasteiger partial charge < -0.3 is 13.9 Å². The smallest absolute Gasteiger partial charge is 0.134 e. The lowest BCUT2D eigenvalue weighted by Gasteiger charge is -2.05. The third-order valence-corrected chi connectivity index (χ3v) is 2.66. The fourth-order valence-corrected chi connectivity index (χ4v) is 1.82. The quantitative estimate of drug-likeness (QED) is 0.712. The van der Waals surface area contributed by atoms with Gasteiger partial charge in [-0.15, -0.1) is 0 Å². The Morgan fingerprint density at radius 2 is 1.94 bits per heavy atom. The Morgan fingerprint density at radius 1 is 1.06 bits per heavy atom. The molecule has 0 fully saturated rings. The second kappa shape index (κ2) is 3.54. The first kappa shape index (κ1) is 9.24. The third-order valence-electron chi connectivity index (χ3n) is 2.66. The fourth-order valence-electron chi connectivity index (χ4n) is 1.82. The van der Waals surface area contributed by atoms with E-state index in [0.29, 0.717) is 0 Å². The predicted molar refractivity (Wildman–Crippen MR) is 59.0 cm³/mol. The van der Waals surface area contributed by atoms with E-state index in [4.69, 9.17) is 8.83 Å². The molecular formula is C13H10O3. The Morgan fingerprint density at radius 3 is 2.75 bits per heavy atom. The molecule has 0 amide bonds. The van der Waals surface area contributed by atoms with Crippen LogP contribution >= 0.6 is 0 Å². The first-order valence-corrected chi connectivity index (χ1v) is 5.02. The average molecular weight is 214 g/mol. The van der Waals surface area contributed by atoms with E-state index in [1.54, 1.807) is 18.6 Å². The molecule has 80 valence electrons. The van der Waals surface area contributed by atoms with Gasteiger partial charge in [-0.2, -0.15) is 0 Å². The average Bonchev–Trinajstić information content (AvgIpc) is 2.98. The van der Waals surface area contributed by atoms with Crippen LogP contribution in [0.2, 0.25) is 0 Å². The summed E-state index contributed by atoms with van der Waals surface area (Å²) in [5.74, 6) is 0. The van der Waals surface area contributed by atoms with Crippen LogP contribution in [0.15, 0.2) is 58.0 Å². The number of para-hydroxylation sites is 1. The molecule has 3 nitrogen and oxygen atoms in total. The fraction of sp³-hybridized carbons (Fsp3) is 0.0769. The SMILES string of the molecule is O[C@@H](c1ccoc1)c1coc2ccccc12. The van der Waals surface area contributed by atoms with Crippen LogP contribution in [0.5, 0.6) is 0 Å². The lowest BCUT2D eigenvalue weighted by Crippen LogP contribution is -1.96. The molecule has 3 rings (SSSR count). The largest absolute Gasteiger partial charge is 0.472 e. The number of aliphatic hydroxyl groups is 1. The highest BCUT2D eigenvalue weighted by Crippen LogP contribution is 2.30. The summed E-state index contributed by atoms with van der Waals surface area (Å²) in [4.78, 5) is 0. The van der Waals surface area contributed by atoms with Gasteiger partial charge in [0.2, 0.25) is 0 Å². The van der Waals surface area contributed by atoms with E-state index in [9.17, 15) is 5.11 Å². The van der Waals surface area contributed by atoms with E-state index in [2.05, 4.69) is 0 Å². The van der Waals surface area contributed by atoms with Crippen molar-refractivity contribution in [3.63, 3.8) is 0 Å². The zero-order valence-electron chi connectivity index (χ0n) is 8.46. The van der Waals surface area contributed by atoms with Crippen molar-refractivity contribution in [1.82, 2.24) is 0 Å². The summed E-state index contributed by atoms with van der Waals surface area (Å²) in [6.45, 7) is 0. The minimum atomic E-state index is -0.706. The molecule has 1 N–H and O–H groups in total. The molecule has 1 atom stereocenters. The lowest BCUT2D eigenvalue weighted by molar-refractivity contribution is 0.219. The lowest BCUT2D eigenvalue weighted by atomic mass is 10.0. The summed E-state index contributed by atoms with van der Waals surface area (Å²) >= 11 is 0. The highest BCUT2D eigenvalue weighted by molar-refractivity contribution is 5.81. The molecular weight excluding hydrogens is 204 g/mol. The van der Waals surface area contributed by atoms with Gasteiger partial charge in [-0.25, -0.2) is 0 Å². The van der Waals surface area contributed by atoms with Crippen LogP contribution in [0.3, 0.4) is 0 Å². The van der Waals surface area contributed by atoms with Crippen molar-refractivity contribution in [3.05, 3.63) is 60.2 Å². The zero-order valence-corrected chi connectivity index (χ0v) is 8.46. The molecule has 2 aromatic heterocycles. The summed E-state index contributed by atoms with van der Waals surface area (Å²) in [6.07, 6.45) is 3.96. The van der Waals surface area contributed by atoms with E-state index in [-0.39, 0.29) is 0 Å². The highest BCUT2D eigenvalue weighted by atomic mass is 16.3. The van der Waals surface area contributed by atoms with Crippen LogP contribution in [0, 0.1) is 0 Å². The third kappa shape index (κ3) is 1.33. The molecule has 0 unspecified atom stereocenters. The van der Waals surface area contributed by atoms with E-state index >= 15 is 0 Å². The van der Waals surface area contributed by atoms with Crippen LogP contribution in [0.4, 0.5) is 0 Å². The van der Waals surface area contributed by atoms with Crippen molar-refractivity contribution in [1.29, 1.82) is 0 Å². The molecule has 0 saturated carbocycles. The zero-order chi connectivity index (χ0) is 11.0. The number of benzene rings is 1.